The third kappa shape index (κ3) is 4.87. The van der Waals surface area contributed by atoms with Gasteiger partial charge < -0.3 is 15.0 Å². The molecule has 1 saturated heterocycles. The van der Waals surface area contributed by atoms with Crippen LogP contribution in [0.3, 0.4) is 0 Å². The predicted molar refractivity (Wildman–Crippen MR) is 90.3 cm³/mol. The van der Waals surface area contributed by atoms with E-state index in [0.717, 1.165) is 44.3 Å². The second-order valence-electron chi connectivity index (χ2n) is 5.88. The third-order valence-corrected chi connectivity index (χ3v) is 4.37. The summed E-state index contributed by atoms with van der Waals surface area (Å²) in [6.45, 7) is 6.86. The highest BCUT2D eigenvalue weighted by atomic mass is 35.5. The van der Waals surface area contributed by atoms with Crippen molar-refractivity contribution in [3.8, 4) is 0 Å². The molecular weight excluding hydrogens is 284 g/mol. The van der Waals surface area contributed by atoms with E-state index in [-0.39, 0.29) is 0 Å². The molecule has 1 unspecified atom stereocenters. The highest BCUT2D eigenvalue weighted by molar-refractivity contribution is 6.31. The van der Waals surface area contributed by atoms with Gasteiger partial charge in [0, 0.05) is 43.0 Å². The van der Waals surface area contributed by atoms with Crippen molar-refractivity contribution in [3.05, 3.63) is 28.8 Å². The van der Waals surface area contributed by atoms with Gasteiger partial charge in [-0.2, -0.15) is 0 Å². The molecule has 1 fully saturated rings. The summed E-state index contributed by atoms with van der Waals surface area (Å²) in [7, 11) is 2.16. The van der Waals surface area contributed by atoms with Crippen molar-refractivity contribution in [2.24, 2.45) is 5.92 Å². The summed E-state index contributed by atoms with van der Waals surface area (Å²) >= 11 is 6.40. The lowest BCUT2D eigenvalue weighted by Gasteiger charge is -2.30. The number of hydrogen-bond donors (Lipinski definition) is 1. The highest BCUT2D eigenvalue weighted by Gasteiger charge is 2.18. The van der Waals surface area contributed by atoms with Gasteiger partial charge in [-0.1, -0.05) is 24.6 Å². The Morgan fingerprint density at radius 3 is 3.00 bits per heavy atom. The molecule has 2 rings (SSSR count). The van der Waals surface area contributed by atoms with Gasteiger partial charge in [0.05, 0.1) is 6.61 Å². The van der Waals surface area contributed by atoms with Gasteiger partial charge in [-0.25, -0.2) is 0 Å². The Kier molecular flexibility index (Phi) is 6.81. The fourth-order valence-corrected chi connectivity index (χ4v) is 3.14. The van der Waals surface area contributed by atoms with E-state index in [2.05, 4.69) is 30.3 Å². The van der Waals surface area contributed by atoms with E-state index in [1.165, 1.54) is 24.1 Å². The Labute approximate surface area is 133 Å². The molecule has 1 atom stereocenters. The molecule has 3 nitrogen and oxygen atoms in total. The van der Waals surface area contributed by atoms with Crippen LogP contribution in [-0.2, 0) is 11.3 Å². The number of nitrogens with one attached hydrogen (secondary N) is 1. The minimum Gasteiger partial charge on any atom is -0.381 e. The van der Waals surface area contributed by atoms with Crippen LogP contribution in [-0.4, -0.2) is 33.4 Å². The van der Waals surface area contributed by atoms with Gasteiger partial charge in [-0.3, -0.25) is 0 Å². The fourth-order valence-electron chi connectivity index (χ4n) is 2.91. The molecule has 0 spiro atoms. The first kappa shape index (κ1) is 16.6. The Morgan fingerprint density at radius 2 is 2.29 bits per heavy atom. The zero-order valence-electron chi connectivity index (χ0n) is 13.2. The largest absolute Gasteiger partial charge is 0.381 e. The maximum Gasteiger partial charge on any atom is 0.0511 e. The first-order chi connectivity index (χ1) is 10.2. The van der Waals surface area contributed by atoms with Crippen molar-refractivity contribution < 1.29 is 4.74 Å². The molecule has 0 bridgehead atoms. The number of anilines is 1. The predicted octanol–water partition coefficient (Wildman–Crippen LogP) is 3.70. The molecule has 118 valence electrons. The van der Waals surface area contributed by atoms with Crippen LogP contribution in [0.15, 0.2) is 18.2 Å². The molecule has 1 aromatic rings. The molecular formula is C17H27ClN2O. The Morgan fingerprint density at radius 1 is 1.43 bits per heavy atom. The fraction of sp³-hybridized carbons (Fsp3) is 0.647. The number of benzene rings is 1. The van der Waals surface area contributed by atoms with Crippen LogP contribution in [0.5, 0.6) is 0 Å². The minimum absolute atomic E-state index is 0.624. The molecule has 1 aromatic carbocycles. The van der Waals surface area contributed by atoms with Crippen LogP contribution in [0.25, 0.3) is 0 Å². The highest BCUT2D eigenvalue weighted by Crippen LogP contribution is 2.28. The lowest BCUT2D eigenvalue weighted by Crippen LogP contribution is -2.31. The quantitative estimate of drug-likeness (QED) is 0.777. The van der Waals surface area contributed by atoms with E-state index >= 15 is 0 Å². The number of halogens is 1. The van der Waals surface area contributed by atoms with E-state index in [4.69, 9.17) is 16.3 Å². The van der Waals surface area contributed by atoms with Gasteiger partial charge in [0.1, 0.15) is 0 Å². The molecule has 0 saturated carbocycles. The summed E-state index contributed by atoms with van der Waals surface area (Å²) in [6, 6.07) is 6.18. The summed E-state index contributed by atoms with van der Waals surface area (Å²) in [4.78, 5) is 2.33. The second-order valence-corrected chi connectivity index (χ2v) is 6.29. The molecule has 1 aliphatic rings. The van der Waals surface area contributed by atoms with Gasteiger partial charge in [-0.05, 0) is 43.9 Å². The van der Waals surface area contributed by atoms with Gasteiger partial charge in [0.25, 0.3) is 0 Å². The normalized spacial score (nSPS) is 18.7. The van der Waals surface area contributed by atoms with Crippen molar-refractivity contribution in [2.75, 3.05) is 38.3 Å². The zero-order valence-corrected chi connectivity index (χ0v) is 14.0. The van der Waals surface area contributed by atoms with Crippen LogP contribution in [0.1, 0.15) is 31.7 Å². The minimum atomic E-state index is 0.624. The SMILES string of the molecule is CCCNCc1c(Cl)cccc1N(C)CC1CCCOC1. The van der Waals surface area contributed by atoms with Crippen molar-refractivity contribution in [2.45, 2.75) is 32.7 Å². The van der Waals surface area contributed by atoms with Crippen LogP contribution in [0.4, 0.5) is 5.69 Å². The summed E-state index contributed by atoms with van der Waals surface area (Å²) in [5.74, 6) is 0.624. The van der Waals surface area contributed by atoms with E-state index in [1.54, 1.807) is 0 Å². The standard InChI is InChI=1S/C17H27ClN2O/c1-3-9-19-11-15-16(18)7-4-8-17(15)20(2)12-14-6-5-10-21-13-14/h4,7-8,14,19H,3,5-6,9-13H2,1-2H3. The molecule has 0 aliphatic carbocycles. The number of hydrogen-bond acceptors (Lipinski definition) is 3. The zero-order chi connectivity index (χ0) is 15.1. The Hall–Kier alpha value is -0.770. The lowest BCUT2D eigenvalue weighted by molar-refractivity contribution is 0.0576. The van der Waals surface area contributed by atoms with E-state index in [0.29, 0.717) is 5.92 Å². The van der Waals surface area contributed by atoms with Crippen LogP contribution < -0.4 is 10.2 Å². The smallest absolute Gasteiger partial charge is 0.0511 e. The van der Waals surface area contributed by atoms with Crippen molar-refractivity contribution >= 4 is 17.3 Å². The van der Waals surface area contributed by atoms with Gasteiger partial charge in [0.15, 0.2) is 0 Å². The molecule has 1 aliphatic heterocycles. The Balaban J connectivity index is 2.04. The molecule has 1 heterocycles. The number of rotatable bonds is 7. The van der Waals surface area contributed by atoms with Gasteiger partial charge in [-0.15, -0.1) is 0 Å². The van der Waals surface area contributed by atoms with Gasteiger partial charge >= 0.3 is 0 Å². The van der Waals surface area contributed by atoms with E-state index in [9.17, 15) is 0 Å². The summed E-state index contributed by atoms with van der Waals surface area (Å²) in [6.07, 6.45) is 3.57. The molecule has 0 aromatic heterocycles. The second kappa shape index (κ2) is 8.62. The van der Waals surface area contributed by atoms with Crippen molar-refractivity contribution in [1.82, 2.24) is 5.32 Å². The average molecular weight is 311 g/mol. The first-order valence-electron chi connectivity index (χ1n) is 7.99. The average Bonchev–Trinajstić information content (AvgIpc) is 2.50. The molecule has 1 N–H and O–H groups in total. The van der Waals surface area contributed by atoms with E-state index in [1.807, 2.05) is 12.1 Å². The topological polar surface area (TPSA) is 24.5 Å². The maximum absolute atomic E-state index is 6.40. The first-order valence-corrected chi connectivity index (χ1v) is 8.37. The van der Waals surface area contributed by atoms with Crippen LogP contribution in [0, 0.1) is 5.92 Å². The van der Waals surface area contributed by atoms with Crippen LogP contribution >= 0.6 is 11.6 Å². The molecule has 0 radical (unpaired) electrons. The Bertz CT molecular complexity index is 433. The summed E-state index contributed by atoms with van der Waals surface area (Å²) in [5.41, 5.74) is 2.43. The number of nitrogens with zero attached hydrogens (tertiary/aromatic N) is 1. The summed E-state index contributed by atoms with van der Waals surface area (Å²) < 4.78 is 5.59. The molecule has 21 heavy (non-hydrogen) atoms. The lowest BCUT2D eigenvalue weighted by atomic mass is 10.0. The maximum atomic E-state index is 6.40. The summed E-state index contributed by atoms with van der Waals surface area (Å²) in [5, 5.41) is 4.31. The van der Waals surface area contributed by atoms with Crippen molar-refractivity contribution in [1.29, 1.82) is 0 Å². The third-order valence-electron chi connectivity index (χ3n) is 4.02. The van der Waals surface area contributed by atoms with E-state index < -0.39 is 0 Å². The monoisotopic (exact) mass is 310 g/mol. The molecule has 0 amide bonds. The van der Waals surface area contributed by atoms with Gasteiger partial charge in [0.2, 0.25) is 0 Å². The number of ether oxygens (including phenoxy) is 1. The van der Waals surface area contributed by atoms with Crippen LogP contribution in [0.2, 0.25) is 5.02 Å². The van der Waals surface area contributed by atoms with Crippen molar-refractivity contribution in [3.63, 3.8) is 0 Å². The molecule has 4 heteroatoms.